The van der Waals surface area contributed by atoms with E-state index in [9.17, 15) is 4.39 Å². The van der Waals surface area contributed by atoms with Gasteiger partial charge in [-0.05, 0) is 30.5 Å². The summed E-state index contributed by atoms with van der Waals surface area (Å²) < 4.78 is 13.9. The van der Waals surface area contributed by atoms with Crippen molar-refractivity contribution in [3.05, 3.63) is 34.4 Å². The maximum absolute atomic E-state index is 12.9. The van der Waals surface area contributed by atoms with E-state index in [1.165, 1.54) is 6.92 Å². The third-order valence-electron chi connectivity index (χ3n) is 2.03. The monoisotopic (exact) mass is 241 g/mol. The van der Waals surface area contributed by atoms with Gasteiger partial charge in [-0.25, -0.2) is 4.39 Å². The first-order valence-corrected chi connectivity index (χ1v) is 4.88. The highest BCUT2D eigenvalue weighted by Gasteiger charge is 2.06. The van der Waals surface area contributed by atoms with E-state index >= 15 is 0 Å². The molecule has 1 unspecified atom stereocenters. The van der Waals surface area contributed by atoms with Gasteiger partial charge in [0.15, 0.2) is 0 Å². The summed E-state index contributed by atoms with van der Waals surface area (Å²) in [5, 5.41) is 1.04. The molecule has 2 rings (SSSR count). The van der Waals surface area contributed by atoms with Gasteiger partial charge in [0.2, 0.25) is 0 Å². The Morgan fingerprint density at radius 2 is 2.15 bits per heavy atom. The molecule has 3 heteroatoms. The largest absolute Gasteiger partial charge is 0.356 e. The van der Waals surface area contributed by atoms with Crippen molar-refractivity contribution in [1.29, 1.82) is 0 Å². The second kappa shape index (κ2) is 3.14. The fourth-order valence-electron chi connectivity index (χ4n) is 1.34. The molecule has 1 heterocycles. The molecule has 1 nitrogen and oxygen atoms in total. The summed E-state index contributed by atoms with van der Waals surface area (Å²) in [4.78, 5) is 3.03. The predicted octanol–water partition coefficient (Wildman–Crippen LogP) is 3.96. The average molecular weight is 242 g/mol. The van der Waals surface area contributed by atoms with E-state index in [0.29, 0.717) is 5.69 Å². The van der Waals surface area contributed by atoms with Crippen LogP contribution in [-0.2, 0) is 0 Å². The number of fused-ring (bicyclic) bond motifs is 1. The topological polar surface area (TPSA) is 15.8 Å². The van der Waals surface area contributed by atoms with Crippen LogP contribution in [0, 0.1) is 0 Å². The van der Waals surface area contributed by atoms with E-state index < -0.39 is 6.17 Å². The van der Waals surface area contributed by atoms with Gasteiger partial charge in [-0.15, -0.1) is 0 Å². The van der Waals surface area contributed by atoms with Crippen LogP contribution in [0.15, 0.2) is 28.7 Å². The third kappa shape index (κ3) is 1.61. The van der Waals surface area contributed by atoms with Gasteiger partial charge in [0, 0.05) is 9.99 Å². The molecule has 0 radical (unpaired) electrons. The first-order chi connectivity index (χ1) is 6.16. The van der Waals surface area contributed by atoms with Crippen molar-refractivity contribution in [3.8, 4) is 0 Å². The van der Waals surface area contributed by atoms with Gasteiger partial charge in [-0.3, -0.25) is 0 Å². The summed E-state index contributed by atoms with van der Waals surface area (Å²) >= 11 is 3.36. The minimum absolute atomic E-state index is 0.633. The fraction of sp³-hybridized carbons (Fsp3) is 0.200. The minimum Gasteiger partial charge on any atom is -0.356 e. The van der Waals surface area contributed by atoms with Crippen LogP contribution in [0.1, 0.15) is 18.8 Å². The molecule has 1 atom stereocenters. The molecular formula is C10H9BrFN. The van der Waals surface area contributed by atoms with Crippen molar-refractivity contribution in [2.24, 2.45) is 0 Å². The summed E-state index contributed by atoms with van der Waals surface area (Å²) in [7, 11) is 0. The average Bonchev–Trinajstić information content (AvgIpc) is 2.46. The normalized spacial score (nSPS) is 13.5. The van der Waals surface area contributed by atoms with E-state index in [1.54, 1.807) is 0 Å². The molecule has 13 heavy (non-hydrogen) atoms. The summed E-state index contributed by atoms with van der Waals surface area (Å²) in [6.07, 6.45) is -0.939. The van der Waals surface area contributed by atoms with Crippen LogP contribution in [0.4, 0.5) is 4.39 Å². The zero-order valence-electron chi connectivity index (χ0n) is 7.14. The zero-order valence-corrected chi connectivity index (χ0v) is 8.73. The number of hydrogen-bond donors (Lipinski definition) is 1. The van der Waals surface area contributed by atoms with Crippen molar-refractivity contribution >= 4 is 26.8 Å². The number of alkyl halides is 1. The highest BCUT2D eigenvalue weighted by atomic mass is 79.9. The molecule has 0 fully saturated rings. The van der Waals surface area contributed by atoms with Crippen LogP contribution in [-0.4, -0.2) is 4.98 Å². The Morgan fingerprint density at radius 3 is 2.85 bits per heavy atom. The van der Waals surface area contributed by atoms with Crippen molar-refractivity contribution in [3.63, 3.8) is 0 Å². The van der Waals surface area contributed by atoms with Crippen LogP contribution in [0.25, 0.3) is 10.9 Å². The van der Waals surface area contributed by atoms with Crippen molar-refractivity contribution in [1.82, 2.24) is 4.98 Å². The molecule has 2 aromatic rings. The highest BCUT2D eigenvalue weighted by Crippen LogP contribution is 2.24. The van der Waals surface area contributed by atoms with Gasteiger partial charge >= 0.3 is 0 Å². The number of aromatic amines is 1. The zero-order chi connectivity index (χ0) is 9.42. The van der Waals surface area contributed by atoms with Gasteiger partial charge < -0.3 is 4.98 Å². The Kier molecular flexibility index (Phi) is 2.12. The lowest BCUT2D eigenvalue weighted by atomic mass is 10.2. The lowest BCUT2D eigenvalue weighted by Crippen LogP contribution is -1.82. The van der Waals surface area contributed by atoms with Crippen LogP contribution in [0.3, 0.4) is 0 Å². The summed E-state index contributed by atoms with van der Waals surface area (Å²) in [5.74, 6) is 0. The first kappa shape index (κ1) is 8.75. The molecule has 0 bridgehead atoms. The van der Waals surface area contributed by atoms with Crippen LogP contribution < -0.4 is 0 Å². The van der Waals surface area contributed by atoms with Crippen LogP contribution in [0.5, 0.6) is 0 Å². The fourth-order valence-corrected chi connectivity index (χ4v) is 1.70. The van der Waals surface area contributed by atoms with Crippen molar-refractivity contribution in [2.45, 2.75) is 13.1 Å². The van der Waals surface area contributed by atoms with E-state index in [1.807, 2.05) is 24.3 Å². The quantitative estimate of drug-likeness (QED) is 0.778. The second-order valence-corrected chi connectivity index (χ2v) is 3.99. The number of rotatable bonds is 1. The minimum atomic E-state index is -0.939. The molecular weight excluding hydrogens is 233 g/mol. The maximum atomic E-state index is 12.9. The predicted molar refractivity (Wildman–Crippen MR) is 55.5 cm³/mol. The number of nitrogens with one attached hydrogen (secondary N) is 1. The standard InChI is InChI=1S/C10H9BrFN/c1-6(12)9-4-7-2-3-8(11)5-10(7)13-9/h2-6,13H,1H3. The number of benzene rings is 1. The van der Waals surface area contributed by atoms with Crippen molar-refractivity contribution in [2.75, 3.05) is 0 Å². The molecule has 68 valence electrons. The Bertz CT molecular complexity index is 433. The third-order valence-corrected chi connectivity index (χ3v) is 2.53. The van der Waals surface area contributed by atoms with Gasteiger partial charge in [-0.2, -0.15) is 0 Å². The second-order valence-electron chi connectivity index (χ2n) is 3.07. The van der Waals surface area contributed by atoms with Gasteiger partial charge in [0.25, 0.3) is 0 Å². The lowest BCUT2D eigenvalue weighted by molar-refractivity contribution is 0.367. The molecule has 1 aromatic heterocycles. The van der Waals surface area contributed by atoms with Gasteiger partial charge in [0.05, 0.1) is 5.69 Å². The summed E-state index contributed by atoms with van der Waals surface area (Å²) in [6, 6.07) is 7.69. The Morgan fingerprint density at radius 1 is 1.38 bits per heavy atom. The molecule has 1 aromatic carbocycles. The lowest BCUT2D eigenvalue weighted by Gasteiger charge is -1.94. The maximum Gasteiger partial charge on any atom is 0.137 e. The van der Waals surface area contributed by atoms with E-state index in [4.69, 9.17) is 0 Å². The SMILES string of the molecule is CC(F)c1cc2ccc(Br)cc2[nH]1. The number of H-pyrrole nitrogens is 1. The Hall–Kier alpha value is -0.830. The van der Waals surface area contributed by atoms with Crippen molar-refractivity contribution < 1.29 is 4.39 Å². The number of hydrogen-bond acceptors (Lipinski definition) is 0. The number of halogens is 2. The van der Waals surface area contributed by atoms with Gasteiger partial charge in [0.1, 0.15) is 6.17 Å². The summed E-state index contributed by atoms with van der Waals surface area (Å²) in [5.41, 5.74) is 1.60. The molecule has 0 saturated carbocycles. The van der Waals surface area contributed by atoms with E-state index in [0.717, 1.165) is 15.4 Å². The van der Waals surface area contributed by atoms with Gasteiger partial charge in [-0.1, -0.05) is 22.0 Å². The Balaban J connectivity index is 2.62. The van der Waals surface area contributed by atoms with Crippen LogP contribution in [0.2, 0.25) is 0 Å². The molecule has 1 N–H and O–H groups in total. The molecule has 0 aliphatic rings. The first-order valence-electron chi connectivity index (χ1n) is 4.09. The number of aromatic nitrogens is 1. The smallest absolute Gasteiger partial charge is 0.137 e. The molecule has 0 spiro atoms. The van der Waals surface area contributed by atoms with E-state index in [-0.39, 0.29) is 0 Å². The summed E-state index contributed by atoms with van der Waals surface area (Å²) in [6.45, 7) is 1.53. The molecule has 0 aliphatic heterocycles. The Labute approximate surface area is 84.1 Å². The molecule has 0 saturated heterocycles. The van der Waals surface area contributed by atoms with Crippen LogP contribution >= 0.6 is 15.9 Å². The van der Waals surface area contributed by atoms with E-state index in [2.05, 4.69) is 20.9 Å². The highest BCUT2D eigenvalue weighted by molar-refractivity contribution is 9.10. The molecule has 0 amide bonds. The molecule has 0 aliphatic carbocycles.